The van der Waals surface area contributed by atoms with Gasteiger partial charge in [-0.05, 0) is 44.2 Å². The van der Waals surface area contributed by atoms with Crippen molar-refractivity contribution in [1.82, 2.24) is 4.31 Å². The topological polar surface area (TPSA) is 83.9 Å². The lowest BCUT2D eigenvalue weighted by molar-refractivity contribution is 0.165. The minimum absolute atomic E-state index is 0.106. The summed E-state index contributed by atoms with van der Waals surface area (Å²) in [6.07, 6.45) is 0.0664. The Morgan fingerprint density at radius 1 is 1.43 bits per heavy atom. The van der Waals surface area contributed by atoms with E-state index in [-0.39, 0.29) is 11.5 Å². The molecule has 6 nitrogen and oxygen atoms in total. The van der Waals surface area contributed by atoms with Gasteiger partial charge in [0, 0.05) is 6.04 Å². The molecule has 1 rings (SSSR count). The number of hydrogen-bond acceptors (Lipinski definition) is 4. The molecular weight excluding hydrogens is 294 g/mol. The highest BCUT2D eigenvalue weighted by molar-refractivity contribution is 7.89. The highest BCUT2D eigenvalue weighted by Crippen LogP contribution is 2.21. The van der Waals surface area contributed by atoms with Crippen molar-refractivity contribution in [3.63, 3.8) is 0 Å². The van der Waals surface area contributed by atoms with E-state index in [2.05, 4.69) is 12.3 Å². The maximum absolute atomic E-state index is 12.3. The van der Waals surface area contributed by atoms with Gasteiger partial charge in [0.05, 0.1) is 4.90 Å². The third-order valence-corrected chi connectivity index (χ3v) is 4.48. The number of sulfonamides is 1. The number of ether oxygens (including phenoxy) is 1. The zero-order valence-corrected chi connectivity index (χ0v) is 12.6. The number of benzene rings is 1. The van der Waals surface area contributed by atoms with Crippen LogP contribution in [0, 0.1) is 0 Å². The van der Waals surface area contributed by atoms with Crippen LogP contribution in [0.5, 0.6) is 5.75 Å². The molecule has 0 aliphatic carbocycles. The van der Waals surface area contributed by atoms with E-state index >= 15 is 0 Å². The Balaban J connectivity index is 3.04. The molecule has 7 heteroatoms. The van der Waals surface area contributed by atoms with Crippen molar-refractivity contribution >= 4 is 16.1 Å². The Morgan fingerprint density at radius 2 is 2.00 bits per heavy atom. The van der Waals surface area contributed by atoms with Crippen LogP contribution in [0.25, 0.3) is 0 Å². The van der Waals surface area contributed by atoms with E-state index in [0.717, 1.165) is 0 Å². The summed E-state index contributed by atoms with van der Waals surface area (Å²) in [4.78, 5) is 11.0. The Labute approximate surface area is 124 Å². The van der Waals surface area contributed by atoms with Gasteiger partial charge in [0.25, 0.3) is 10.0 Å². The van der Waals surface area contributed by atoms with Crippen molar-refractivity contribution in [2.24, 2.45) is 0 Å². The summed E-state index contributed by atoms with van der Waals surface area (Å²) >= 11 is 0. The third-order valence-electron chi connectivity index (χ3n) is 2.52. The van der Waals surface area contributed by atoms with E-state index in [0.29, 0.717) is 10.1 Å². The van der Waals surface area contributed by atoms with E-state index in [1.807, 2.05) is 0 Å². The van der Waals surface area contributed by atoms with Crippen LogP contribution in [0.2, 0.25) is 0 Å². The number of amides is 1. The van der Waals surface area contributed by atoms with Crippen molar-refractivity contribution in [2.45, 2.75) is 24.8 Å². The molecule has 21 heavy (non-hydrogen) atoms. The molecule has 0 saturated heterocycles. The van der Waals surface area contributed by atoms with E-state index in [1.54, 1.807) is 6.08 Å². The van der Waals surface area contributed by atoms with Crippen molar-refractivity contribution in [3.05, 3.63) is 42.7 Å². The van der Waals surface area contributed by atoms with Crippen molar-refractivity contribution in [3.8, 4) is 5.75 Å². The molecule has 0 aromatic heterocycles. The molecule has 0 atom stereocenters. The van der Waals surface area contributed by atoms with Gasteiger partial charge in [-0.15, -0.1) is 5.73 Å². The van der Waals surface area contributed by atoms with Crippen LogP contribution < -0.4 is 4.74 Å². The van der Waals surface area contributed by atoms with Crippen LogP contribution in [0.3, 0.4) is 0 Å². The normalized spacial score (nSPS) is 10.8. The van der Waals surface area contributed by atoms with E-state index in [9.17, 15) is 13.2 Å². The number of nitrogens with zero attached hydrogens (tertiary/aromatic N) is 1. The maximum Gasteiger partial charge on any atom is 0.421 e. The molecule has 114 valence electrons. The average molecular weight is 311 g/mol. The second-order valence-corrected chi connectivity index (χ2v) is 6.18. The molecular formula is C14H17NO5S. The Kier molecular flexibility index (Phi) is 5.58. The van der Waals surface area contributed by atoms with Gasteiger partial charge in [-0.1, -0.05) is 6.58 Å². The molecule has 1 amide bonds. The molecule has 0 spiro atoms. The van der Waals surface area contributed by atoms with E-state index in [4.69, 9.17) is 9.84 Å². The largest absolute Gasteiger partial charge is 0.489 e. The monoisotopic (exact) mass is 311 g/mol. The van der Waals surface area contributed by atoms with Gasteiger partial charge in [-0.3, -0.25) is 0 Å². The van der Waals surface area contributed by atoms with Crippen LogP contribution >= 0.6 is 0 Å². The molecule has 0 radical (unpaired) electrons. The number of carboxylic acid groups (broad SMARTS) is 1. The maximum atomic E-state index is 12.3. The molecule has 1 N–H and O–H groups in total. The Bertz CT molecular complexity index is 642. The fourth-order valence-electron chi connectivity index (χ4n) is 1.62. The van der Waals surface area contributed by atoms with Gasteiger partial charge >= 0.3 is 6.09 Å². The van der Waals surface area contributed by atoms with Gasteiger partial charge in [0.2, 0.25) is 0 Å². The standard InChI is InChI=1S/C14H17NO5S/c1-4-5-10-20-12-6-8-13(9-7-12)21(18,19)15(11(2)3)14(16)17/h5-9,11H,1,10H2,2-3H3,(H,16,17). The van der Waals surface area contributed by atoms with Crippen LogP contribution in [0.15, 0.2) is 47.5 Å². The molecule has 0 fully saturated rings. The summed E-state index contributed by atoms with van der Waals surface area (Å²) in [7, 11) is -4.09. The van der Waals surface area contributed by atoms with Crippen molar-refractivity contribution in [2.75, 3.05) is 6.61 Å². The lowest BCUT2D eigenvalue weighted by Gasteiger charge is -2.22. The second-order valence-electron chi connectivity index (χ2n) is 4.37. The number of hydrogen-bond donors (Lipinski definition) is 1. The predicted octanol–water partition coefficient (Wildman–Crippen LogP) is 2.48. The summed E-state index contributed by atoms with van der Waals surface area (Å²) in [6, 6.07) is 4.84. The molecule has 0 bridgehead atoms. The lowest BCUT2D eigenvalue weighted by Crippen LogP contribution is -2.40. The summed E-state index contributed by atoms with van der Waals surface area (Å²) < 4.78 is 30.2. The van der Waals surface area contributed by atoms with Crippen molar-refractivity contribution < 1.29 is 23.1 Å². The van der Waals surface area contributed by atoms with Crippen LogP contribution in [0.4, 0.5) is 4.79 Å². The highest BCUT2D eigenvalue weighted by atomic mass is 32.2. The fraction of sp³-hybridized carbons (Fsp3) is 0.286. The minimum Gasteiger partial charge on any atom is -0.489 e. The molecule has 0 saturated carbocycles. The summed E-state index contributed by atoms with van der Waals surface area (Å²) in [5, 5.41) is 9.04. The average Bonchev–Trinajstić information content (AvgIpc) is 2.38. The lowest BCUT2D eigenvalue weighted by atomic mass is 10.3. The van der Waals surface area contributed by atoms with Gasteiger partial charge < -0.3 is 9.84 Å². The quantitative estimate of drug-likeness (QED) is 0.816. The van der Waals surface area contributed by atoms with Crippen molar-refractivity contribution in [1.29, 1.82) is 0 Å². The van der Waals surface area contributed by atoms with Crippen LogP contribution in [-0.2, 0) is 10.0 Å². The van der Waals surface area contributed by atoms with Gasteiger partial charge in [0.1, 0.15) is 12.4 Å². The van der Waals surface area contributed by atoms with Crippen LogP contribution in [0.1, 0.15) is 13.8 Å². The molecule has 0 aliphatic heterocycles. The smallest absolute Gasteiger partial charge is 0.421 e. The summed E-state index contributed by atoms with van der Waals surface area (Å²) in [5.41, 5.74) is 2.55. The van der Waals surface area contributed by atoms with E-state index in [1.165, 1.54) is 38.1 Å². The molecule has 0 unspecified atom stereocenters. The van der Waals surface area contributed by atoms with Gasteiger partial charge in [-0.25, -0.2) is 13.2 Å². The summed E-state index contributed by atoms with van der Waals surface area (Å²) in [6.45, 7) is 6.64. The minimum atomic E-state index is -4.09. The Morgan fingerprint density at radius 3 is 2.43 bits per heavy atom. The van der Waals surface area contributed by atoms with Crippen LogP contribution in [-0.4, -0.2) is 36.6 Å². The SMILES string of the molecule is C=C=CCOc1ccc(S(=O)(=O)N(C(=O)O)C(C)C)cc1. The zero-order chi connectivity index (χ0) is 16.0. The first-order chi connectivity index (χ1) is 9.80. The molecule has 0 heterocycles. The molecule has 0 aliphatic rings. The number of carbonyl (C=O) groups is 1. The predicted molar refractivity (Wildman–Crippen MR) is 77.8 cm³/mol. The highest BCUT2D eigenvalue weighted by Gasteiger charge is 2.31. The Hall–Kier alpha value is -2.24. The zero-order valence-electron chi connectivity index (χ0n) is 11.8. The third kappa shape index (κ3) is 4.11. The van der Waals surface area contributed by atoms with Gasteiger partial charge in [0.15, 0.2) is 0 Å². The second kappa shape index (κ2) is 6.97. The first kappa shape index (κ1) is 16.8. The summed E-state index contributed by atoms with van der Waals surface area (Å²) in [5.74, 6) is 0.465. The fourth-order valence-corrected chi connectivity index (χ4v) is 3.09. The van der Waals surface area contributed by atoms with E-state index < -0.39 is 22.2 Å². The number of rotatable bonds is 6. The van der Waals surface area contributed by atoms with Gasteiger partial charge in [-0.2, -0.15) is 4.31 Å². The molecule has 1 aromatic rings. The first-order valence-electron chi connectivity index (χ1n) is 6.15. The molecule has 1 aromatic carbocycles. The first-order valence-corrected chi connectivity index (χ1v) is 7.59.